The van der Waals surface area contributed by atoms with Crippen molar-refractivity contribution in [2.24, 2.45) is 0 Å². The Balaban J connectivity index is 1.11. The molecule has 0 aromatic heterocycles. The Labute approximate surface area is 486 Å². The van der Waals surface area contributed by atoms with Crippen molar-refractivity contribution >= 4 is 78.8 Å². The predicted octanol–water partition coefficient (Wildman–Crippen LogP) is 19.3. The van der Waals surface area contributed by atoms with E-state index in [9.17, 15) is 0 Å². The summed E-state index contributed by atoms with van der Waals surface area (Å²) in [7, 11) is 0. The molecule has 0 saturated carbocycles. The number of fused-ring (bicyclic) bond motifs is 18. The first-order chi connectivity index (χ1) is 39.2. The van der Waals surface area contributed by atoms with E-state index in [1.807, 2.05) is 0 Å². The van der Waals surface area contributed by atoms with Crippen LogP contribution >= 0.6 is 0 Å². The summed E-state index contributed by atoms with van der Waals surface area (Å²) in [5, 5.41) is 4.98. The van der Waals surface area contributed by atoms with Gasteiger partial charge in [-0.2, -0.15) is 0 Å². The number of nitrogens with zero attached hydrogens (tertiary/aromatic N) is 2. The standard InChI is InChI=1S/C79H71BN2/c1-75(2,3)52-42-53(76(4,5)6)45-56(44-52)81-70-40-51(50-33-36-63-62-29-19-22-32-66(62)79(67(63)39-50)64-30-20-17-27-60(64)61-28-18-21-31-65(61)79)41-71-72(70)80(68-37-34-48-23-13-15-25-58(48)73(68)81)69-38-35-49-24-14-16-26-59(49)74(69)82(71)57-46-54(77(7,8)9)43-55(47-57)78(10,11)12/h13-47H,1-12H3. The highest BCUT2D eigenvalue weighted by atomic mass is 15.2. The quantitative estimate of drug-likeness (QED) is 0.163. The maximum absolute atomic E-state index is 2.70. The number of anilines is 6. The second-order valence-corrected chi connectivity index (χ2v) is 28.2. The summed E-state index contributed by atoms with van der Waals surface area (Å²) in [5.74, 6) is 0. The van der Waals surface area contributed by atoms with Crippen LogP contribution in [0.3, 0.4) is 0 Å². The fraction of sp³-hybridized carbons (Fsp3) is 0.215. The second-order valence-electron chi connectivity index (χ2n) is 28.2. The lowest BCUT2D eigenvalue weighted by Gasteiger charge is -2.46. The highest BCUT2D eigenvalue weighted by molar-refractivity contribution is 7.00. The molecule has 1 spiro atoms. The molecule has 0 amide bonds. The SMILES string of the molecule is CC(C)(C)c1cc(N2c3cc(-c4ccc5c(c4)C4(c6ccccc6-c6ccccc64)c4ccccc4-5)cc4c3B(c3ccc5ccccc5c32)c2ccc3ccccc3c2N4c2cc(C(C)(C)C)cc(C(C)(C)C)c2)cc(C(C)(C)C)c1. The van der Waals surface area contributed by atoms with E-state index in [1.165, 1.54) is 150 Å². The Bertz CT molecular complexity index is 4210. The van der Waals surface area contributed by atoms with Gasteiger partial charge in [-0.15, -0.1) is 0 Å². The maximum atomic E-state index is 2.70. The molecule has 11 aromatic carbocycles. The smallest absolute Gasteiger partial charge is 0.252 e. The molecule has 15 rings (SSSR count). The van der Waals surface area contributed by atoms with Gasteiger partial charge in [0.15, 0.2) is 0 Å². The van der Waals surface area contributed by atoms with Gasteiger partial charge in [0.25, 0.3) is 6.71 Å². The van der Waals surface area contributed by atoms with Crippen LogP contribution in [0.1, 0.15) is 128 Å². The van der Waals surface area contributed by atoms with Gasteiger partial charge in [0.1, 0.15) is 0 Å². The van der Waals surface area contributed by atoms with Crippen molar-refractivity contribution < 1.29 is 0 Å². The molecular weight excluding hydrogens is 988 g/mol. The Hall–Kier alpha value is -8.40. The van der Waals surface area contributed by atoms with Gasteiger partial charge in [-0.05, 0) is 169 Å². The molecule has 82 heavy (non-hydrogen) atoms. The van der Waals surface area contributed by atoms with E-state index in [0.717, 1.165) is 0 Å². The third-order valence-electron chi connectivity index (χ3n) is 19.0. The van der Waals surface area contributed by atoms with Crippen LogP contribution < -0.4 is 26.2 Å². The topological polar surface area (TPSA) is 6.48 Å². The Morgan fingerprint density at radius 3 is 1.09 bits per heavy atom. The van der Waals surface area contributed by atoms with E-state index in [1.54, 1.807) is 0 Å². The van der Waals surface area contributed by atoms with Crippen LogP contribution in [0.25, 0.3) is 54.9 Å². The number of hydrogen-bond acceptors (Lipinski definition) is 2. The Kier molecular flexibility index (Phi) is 10.7. The van der Waals surface area contributed by atoms with Gasteiger partial charge < -0.3 is 9.80 Å². The van der Waals surface area contributed by atoms with Crippen LogP contribution in [0.2, 0.25) is 0 Å². The molecule has 400 valence electrons. The zero-order valence-electron chi connectivity index (χ0n) is 49.7. The summed E-state index contributed by atoms with van der Waals surface area (Å²) in [6.07, 6.45) is 0. The van der Waals surface area contributed by atoms with Crippen molar-refractivity contribution in [1.82, 2.24) is 0 Å². The van der Waals surface area contributed by atoms with Gasteiger partial charge in [-0.3, -0.25) is 0 Å². The summed E-state index contributed by atoms with van der Waals surface area (Å²) < 4.78 is 0. The van der Waals surface area contributed by atoms with Crippen molar-refractivity contribution in [3.05, 3.63) is 257 Å². The summed E-state index contributed by atoms with van der Waals surface area (Å²) in [6.45, 7) is 28.3. The molecule has 0 fully saturated rings. The zero-order chi connectivity index (χ0) is 56.6. The number of rotatable bonds is 3. The molecule has 2 aliphatic heterocycles. The molecular formula is C79H71BN2. The first-order valence-corrected chi connectivity index (χ1v) is 29.8. The molecule has 0 unspecified atom stereocenters. The largest absolute Gasteiger partial charge is 0.311 e. The lowest BCUT2D eigenvalue weighted by molar-refractivity contribution is 0.568. The molecule has 4 aliphatic rings. The van der Waals surface area contributed by atoms with E-state index in [2.05, 4.69) is 305 Å². The minimum atomic E-state index is -0.482. The fourth-order valence-electron chi connectivity index (χ4n) is 14.7. The lowest BCUT2D eigenvalue weighted by Crippen LogP contribution is -2.61. The van der Waals surface area contributed by atoms with Crippen LogP contribution in [0, 0.1) is 0 Å². The predicted molar refractivity (Wildman–Crippen MR) is 352 cm³/mol. The Morgan fingerprint density at radius 2 is 0.683 bits per heavy atom. The molecule has 2 aliphatic carbocycles. The number of benzene rings is 11. The molecule has 0 radical (unpaired) electrons. The lowest BCUT2D eigenvalue weighted by atomic mass is 9.33. The summed E-state index contributed by atoms with van der Waals surface area (Å²) >= 11 is 0. The van der Waals surface area contributed by atoms with E-state index in [-0.39, 0.29) is 28.4 Å². The molecule has 0 atom stereocenters. The van der Waals surface area contributed by atoms with Crippen LogP contribution in [-0.2, 0) is 27.1 Å². The molecule has 3 heteroatoms. The third kappa shape index (κ3) is 7.27. The summed E-state index contributed by atoms with van der Waals surface area (Å²) in [5.41, 5.74) is 28.8. The van der Waals surface area contributed by atoms with Gasteiger partial charge in [0.05, 0.1) is 5.41 Å². The van der Waals surface area contributed by atoms with Crippen LogP contribution in [0.15, 0.2) is 212 Å². The Morgan fingerprint density at radius 1 is 0.317 bits per heavy atom. The van der Waals surface area contributed by atoms with Gasteiger partial charge in [0.2, 0.25) is 0 Å². The van der Waals surface area contributed by atoms with E-state index < -0.39 is 5.41 Å². The first kappa shape index (κ1) is 50.6. The van der Waals surface area contributed by atoms with Gasteiger partial charge >= 0.3 is 0 Å². The molecule has 2 nitrogen and oxygen atoms in total. The van der Waals surface area contributed by atoms with Crippen molar-refractivity contribution in [3.8, 4) is 33.4 Å². The molecule has 0 N–H and O–H groups in total. The monoisotopic (exact) mass is 1060 g/mol. The normalized spacial score (nSPS) is 14.6. The van der Waals surface area contributed by atoms with E-state index >= 15 is 0 Å². The molecule has 0 saturated heterocycles. The first-order valence-electron chi connectivity index (χ1n) is 29.8. The maximum Gasteiger partial charge on any atom is 0.252 e. The van der Waals surface area contributed by atoms with Crippen molar-refractivity contribution in [2.75, 3.05) is 9.80 Å². The minimum Gasteiger partial charge on any atom is -0.311 e. The highest BCUT2D eigenvalue weighted by Gasteiger charge is 2.52. The van der Waals surface area contributed by atoms with Crippen LogP contribution in [-0.4, -0.2) is 6.71 Å². The third-order valence-corrected chi connectivity index (χ3v) is 19.0. The van der Waals surface area contributed by atoms with Gasteiger partial charge in [-0.25, -0.2) is 0 Å². The van der Waals surface area contributed by atoms with Crippen molar-refractivity contribution in [1.29, 1.82) is 0 Å². The zero-order valence-corrected chi connectivity index (χ0v) is 49.7. The van der Waals surface area contributed by atoms with Crippen molar-refractivity contribution in [3.63, 3.8) is 0 Å². The average molecular weight is 1060 g/mol. The van der Waals surface area contributed by atoms with Crippen LogP contribution in [0.4, 0.5) is 34.1 Å². The summed E-state index contributed by atoms with van der Waals surface area (Å²) in [4.78, 5) is 5.40. The van der Waals surface area contributed by atoms with Gasteiger partial charge in [-0.1, -0.05) is 253 Å². The van der Waals surface area contributed by atoms with E-state index in [0.29, 0.717) is 0 Å². The molecule has 2 heterocycles. The average Bonchev–Trinajstić information content (AvgIpc) is 1.42. The molecule has 0 bridgehead atoms. The molecule has 11 aromatic rings. The van der Waals surface area contributed by atoms with Gasteiger partial charge in [0, 0.05) is 44.9 Å². The second kappa shape index (κ2) is 17.3. The van der Waals surface area contributed by atoms with Crippen molar-refractivity contribution in [2.45, 2.75) is 110 Å². The summed E-state index contributed by atoms with van der Waals surface area (Å²) in [6, 6.07) is 83.1. The van der Waals surface area contributed by atoms with E-state index in [4.69, 9.17) is 0 Å². The highest BCUT2D eigenvalue weighted by Crippen LogP contribution is 2.63. The fourth-order valence-corrected chi connectivity index (χ4v) is 14.7. The number of hydrogen-bond donors (Lipinski definition) is 0. The van der Waals surface area contributed by atoms with Crippen LogP contribution in [0.5, 0.6) is 0 Å². The minimum absolute atomic E-state index is 0.0733.